The number of hydrogen-bond acceptors (Lipinski definition) is 3. The van der Waals surface area contributed by atoms with Gasteiger partial charge in [-0.15, -0.1) is 0 Å². The van der Waals surface area contributed by atoms with E-state index in [1.54, 1.807) is 0 Å². The largest absolute Gasteiger partial charge is 0.351 e. The highest BCUT2D eigenvalue weighted by atomic mass is 32.1. The van der Waals surface area contributed by atoms with Crippen molar-refractivity contribution in [1.29, 1.82) is 0 Å². The van der Waals surface area contributed by atoms with E-state index in [9.17, 15) is 18.4 Å². The van der Waals surface area contributed by atoms with Crippen molar-refractivity contribution in [1.82, 2.24) is 10.2 Å². The highest BCUT2D eigenvalue weighted by Gasteiger charge is 2.41. The van der Waals surface area contributed by atoms with Crippen LogP contribution in [0.3, 0.4) is 0 Å². The van der Waals surface area contributed by atoms with Gasteiger partial charge in [0.2, 0.25) is 11.8 Å². The van der Waals surface area contributed by atoms with Gasteiger partial charge in [-0.05, 0) is 43.4 Å². The number of nitrogens with one attached hydrogen (secondary N) is 1. The maximum absolute atomic E-state index is 13.7. The number of carbonyl (C=O) groups is 2. The van der Waals surface area contributed by atoms with Crippen LogP contribution in [-0.4, -0.2) is 34.6 Å². The van der Waals surface area contributed by atoms with Crippen LogP contribution in [0, 0.1) is 11.6 Å². The third-order valence-electron chi connectivity index (χ3n) is 4.79. The number of hydrogen-bond donors (Lipinski definition) is 2. The van der Waals surface area contributed by atoms with Crippen LogP contribution in [-0.2, 0) is 9.59 Å². The molecular weight excluding hydrogens is 346 g/mol. The summed E-state index contributed by atoms with van der Waals surface area (Å²) in [5.41, 5.74) is 0.162. The van der Waals surface area contributed by atoms with Gasteiger partial charge in [0, 0.05) is 18.2 Å². The Kier molecular flexibility index (Phi) is 5.61. The van der Waals surface area contributed by atoms with Gasteiger partial charge in [0.15, 0.2) is 0 Å². The highest BCUT2D eigenvalue weighted by Crippen LogP contribution is 2.36. The number of halogens is 2. The van der Waals surface area contributed by atoms with Gasteiger partial charge < -0.3 is 10.2 Å². The summed E-state index contributed by atoms with van der Waals surface area (Å²) in [6.45, 7) is 0. The minimum absolute atomic E-state index is 0.0541. The standard InChI is InChI=1S/C18H22F2N2O2S/c19-12-7-11(8-13(20)9-12)17(18(24)21-14-3-1-2-4-14)22(15-5-6-15)16(23)10-25/h7-9,14-15,17,25H,1-6,10H2,(H,21,24)/t17-/m1/s1. The summed E-state index contributed by atoms with van der Waals surface area (Å²) in [5.74, 6) is -2.26. The normalized spacial score (nSPS) is 18.8. The van der Waals surface area contributed by atoms with Crippen molar-refractivity contribution in [3.63, 3.8) is 0 Å². The Balaban J connectivity index is 1.94. The average Bonchev–Trinajstić information content (AvgIpc) is 3.27. The van der Waals surface area contributed by atoms with Gasteiger partial charge in [-0.2, -0.15) is 12.6 Å². The predicted molar refractivity (Wildman–Crippen MR) is 93.2 cm³/mol. The van der Waals surface area contributed by atoms with Gasteiger partial charge in [0.1, 0.15) is 17.7 Å². The van der Waals surface area contributed by atoms with Gasteiger partial charge in [-0.3, -0.25) is 9.59 Å². The van der Waals surface area contributed by atoms with Gasteiger partial charge in [0.25, 0.3) is 0 Å². The fourth-order valence-corrected chi connectivity index (χ4v) is 3.68. The van der Waals surface area contributed by atoms with E-state index < -0.39 is 17.7 Å². The second-order valence-corrected chi connectivity index (χ2v) is 7.10. The van der Waals surface area contributed by atoms with Crippen LogP contribution in [0.2, 0.25) is 0 Å². The average molecular weight is 368 g/mol. The summed E-state index contributed by atoms with van der Waals surface area (Å²) in [6.07, 6.45) is 5.44. The van der Waals surface area contributed by atoms with E-state index in [0.717, 1.165) is 56.7 Å². The lowest BCUT2D eigenvalue weighted by Crippen LogP contribution is -2.47. The maximum Gasteiger partial charge on any atom is 0.247 e. The molecule has 25 heavy (non-hydrogen) atoms. The first-order valence-electron chi connectivity index (χ1n) is 8.68. The Morgan fingerprint density at radius 1 is 1.12 bits per heavy atom. The molecule has 0 heterocycles. The first-order chi connectivity index (χ1) is 12.0. The van der Waals surface area contributed by atoms with Crippen molar-refractivity contribution < 1.29 is 18.4 Å². The number of rotatable bonds is 6. The minimum Gasteiger partial charge on any atom is -0.351 e. The summed E-state index contributed by atoms with van der Waals surface area (Å²) in [5, 5.41) is 2.96. The van der Waals surface area contributed by atoms with Gasteiger partial charge in [-0.1, -0.05) is 12.8 Å². The van der Waals surface area contributed by atoms with E-state index in [0.29, 0.717) is 0 Å². The molecule has 3 rings (SSSR count). The molecule has 2 saturated carbocycles. The molecule has 0 spiro atoms. The van der Waals surface area contributed by atoms with Crippen LogP contribution >= 0.6 is 12.6 Å². The molecule has 0 radical (unpaired) electrons. The number of nitrogens with zero attached hydrogens (tertiary/aromatic N) is 1. The number of thiol groups is 1. The van der Waals surface area contributed by atoms with Crippen LogP contribution in [0.15, 0.2) is 18.2 Å². The Labute approximate surface area is 151 Å². The molecular formula is C18H22F2N2O2S. The zero-order chi connectivity index (χ0) is 18.0. The molecule has 136 valence electrons. The van der Waals surface area contributed by atoms with E-state index in [2.05, 4.69) is 17.9 Å². The number of benzene rings is 1. The first kappa shape index (κ1) is 18.2. The zero-order valence-corrected chi connectivity index (χ0v) is 14.8. The van der Waals surface area contributed by atoms with Crippen molar-refractivity contribution in [2.45, 2.75) is 56.7 Å². The molecule has 1 N–H and O–H groups in total. The van der Waals surface area contributed by atoms with E-state index >= 15 is 0 Å². The van der Waals surface area contributed by atoms with Crippen LogP contribution in [0.5, 0.6) is 0 Å². The van der Waals surface area contributed by atoms with Crippen molar-refractivity contribution in [2.75, 3.05) is 5.75 Å². The quantitative estimate of drug-likeness (QED) is 0.759. The molecule has 2 aliphatic carbocycles. The lowest BCUT2D eigenvalue weighted by atomic mass is 10.0. The summed E-state index contributed by atoms with van der Waals surface area (Å²) in [4.78, 5) is 26.8. The second-order valence-electron chi connectivity index (χ2n) is 6.79. The Morgan fingerprint density at radius 2 is 1.72 bits per heavy atom. The molecule has 1 aromatic rings. The fourth-order valence-electron chi connectivity index (χ4n) is 3.51. The zero-order valence-electron chi connectivity index (χ0n) is 13.9. The molecule has 0 unspecified atom stereocenters. The van der Waals surface area contributed by atoms with Crippen LogP contribution in [0.25, 0.3) is 0 Å². The van der Waals surface area contributed by atoms with E-state index in [1.165, 1.54) is 4.90 Å². The SMILES string of the molecule is O=C(NC1CCCC1)[C@@H](c1cc(F)cc(F)c1)N(C(=O)CS)C1CC1. The van der Waals surface area contributed by atoms with Crippen molar-refractivity contribution in [3.05, 3.63) is 35.4 Å². The Morgan fingerprint density at radius 3 is 2.24 bits per heavy atom. The van der Waals surface area contributed by atoms with Crippen molar-refractivity contribution in [2.24, 2.45) is 0 Å². The van der Waals surface area contributed by atoms with Gasteiger partial charge >= 0.3 is 0 Å². The fraction of sp³-hybridized carbons (Fsp3) is 0.556. The summed E-state index contributed by atoms with van der Waals surface area (Å²) < 4.78 is 27.5. The monoisotopic (exact) mass is 368 g/mol. The molecule has 0 aromatic heterocycles. The molecule has 0 aliphatic heterocycles. The molecule has 1 atom stereocenters. The maximum atomic E-state index is 13.7. The van der Waals surface area contributed by atoms with Crippen molar-refractivity contribution in [3.8, 4) is 0 Å². The number of amides is 2. The van der Waals surface area contributed by atoms with Gasteiger partial charge in [-0.25, -0.2) is 8.78 Å². The third-order valence-corrected chi connectivity index (χ3v) is 5.06. The van der Waals surface area contributed by atoms with E-state index in [4.69, 9.17) is 0 Å². The van der Waals surface area contributed by atoms with Gasteiger partial charge in [0.05, 0.1) is 5.75 Å². The summed E-state index contributed by atoms with van der Waals surface area (Å²) in [7, 11) is 0. The molecule has 0 saturated heterocycles. The molecule has 2 aliphatic rings. The second kappa shape index (κ2) is 7.72. The minimum atomic E-state index is -1.03. The lowest BCUT2D eigenvalue weighted by Gasteiger charge is -2.32. The molecule has 2 amide bonds. The third kappa shape index (κ3) is 4.32. The van der Waals surface area contributed by atoms with E-state index in [1.807, 2.05) is 0 Å². The highest BCUT2D eigenvalue weighted by molar-refractivity contribution is 7.81. The summed E-state index contributed by atoms with van der Waals surface area (Å²) in [6, 6.07) is 1.97. The van der Waals surface area contributed by atoms with Crippen molar-refractivity contribution >= 4 is 24.4 Å². The molecule has 4 nitrogen and oxygen atoms in total. The Bertz CT molecular complexity index is 640. The molecule has 1 aromatic carbocycles. The van der Waals surface area contributed by atoms with Crippen LogP contribution in [0.4, 0.5) is 8.78 Å². The first-order valence-corrected chi connectivity index (χ1v) is 9.31. The lowest BCUT2D eigenvalue weighted by molar-refractivity contribution is -0.140. The topological polar surface area (TPSA) is 49.4 Å². The smallest absolute Gasteiger partial charge is 0.247 e. The number of carbonyl (C=O) groups excluding carboxylic acids is 2. The van der Waals surface area contributed by atoms with Crippen LogP contribution < -0.4 is 5.32 Å². The molecule has 7 heteroatoms. The predicted octanol–water partition coefficient (Wildman–Crippen LogP) is 2.99. The Hall–Kier alpha value is -1.63. The molecule has 0 bridgehead atoms. The molecule has 2 fully saturated rings. The summed E-state index contributed by atoms with van der Waals surface area (Å²) >= 11 is 4.04. The van der Waals surface area contributed by atoms with Crippen LogP contribution in [0.1, 0.15) is 50.1 Å². The van der Waals surface area contributed by atoms with E-state index in [-0.39, 0.29) is 35.2 Å².